The molecule has 0 bridgehead atoms. The summed E-state index contributed by atoms with van der Waals surface area (Å²) in [6, 6.07) is 0. The maximum Gasteiger partial charge on any atom is 0.330 e. The topological polar surface area (TPSA) is 46.5 Å². The Hall–Kier alpha value is -1.61. The van der Waals surface area contributed by atoms with E-state index in [-0.39, 0.29) is 13.2 Å². The van der Waals surface area contributed by atoms with E-state index in [0.29, 0.717) is 0 Å². The molecule has 0 saturated carbocycles. The van der Waals surface area contributed by atoms with E-state index >= 15 is 0 Å². The van der Waals surface area contributed by atoms with E-state index < -0.39 is 5.97 Å². The highest BCUT2D eigenvalue weighted by Gasteiger charge is 1.92. The molecule has 0 rings (SSSR count). The van der Waals surface area contributed by atoms with E-state index in [1.54, 1.807) is 12.2 Å². The van der Waals surface area contributed by atoms with Gasteiger partial charge in [0.1, 0.15) is 6.61 Å². The summed E-state index contributed by atoms with van der Waals surface area (Å²) >= 11 is 0. The van der Waals surface area contributed by atoms with Crippen LogP contribution in [0.5, 0.6) is 0 Å². The largest absolute Gasteiger partial charge is 0.460 e. The zero-order valence-corrected chi connectivity index (χ0v) is 14.5. The van der Waals surface area contributed by atoms with Crippen molar-refractivity contribution < 1.29 is 14.6 Å². The maximum atomic E-state index is 11.1. The fourth-order valence-electron chi connectivity index (χ4n) is 1.98. The summed E-state index contributed by atoms with van der Waals surface area (Å²) in [5, 5.41) is 8.49. The molecule has 0 saturated heterocycles. The second-order valence-corrected chi connectivity index (χ2v) is 5.36. The Kier molecular flexibility index (Phi) is 17.1. The Morgan fingerprint density at radius 2 is 1.48 bits per heavy atom. The number of carbonyl (C=O) groups excluding carboxylic acids is 1. The highest BCUT2D eigenvalue weighted by molar-refractivity contribution is 5.82. The van der Waals surface area contributed by atoms with Crippen LogP contribution in [0.15, 0.2) is 48.6 Å². The molecule has 0 aromatic heterocycles. The van der Waals surface area contributed by atoms with Crippen molar-refractivity contribution in [1.29, 1.82) is 0 Å². The minimum Gasteiger partial charge on any atom is -0.460 e. The van der Waals surface area contributed by atoms with Crippen LogP contribution in [0.3, 0.4) is 0 Å². The number of hydrogen-bond acceptors (Lipinski definition) is 3. The van der Waals surface area contributed by atoms with Crippen molar-refractivity contribution in [1.82, 2.24) is 0 Å². The molecule has 1 N–H and O–H groups in total. The Labute approximate surface area is 141 Å². The molecular weight excluding hydrogens is 288 g/mol. The van der Waals surface area contributed by atoms with Gasteiger partial charge in [-0.15, -0.1) is 0 Å². The smallest absolute Gasteiger partial charge is 0.330 e. The summed E-state index contributed by atoms with van der Waals surface area (Å²) in [6.07, 6.45) is 25.3. The molecule has 23 heavy (non-hydrogen) atoms. The number of hydrogen-bond donors (Lipinski definition) is 1. The Morgan fingerprint density at radius 1 is 0.870 bits per heavy atom. The normalized spacial score (nSPS) is 12.3. The van der Waals surface area contributed by atoms with E-state index in [1.807, 2.05) is 18.2 Å². The summed E-state index contributed by atoms with van der Waals surface area (Å²) in [5.41, 5.74) is 0. The number of allylic oxidation sites excluding steroid dienone is 7. The lowest BCUT2D eigenvalue weighted by Gasteiger charge is -1.98. The van der Waals surface area contributed by atoms with E-state index in [1.165, 1.54) is 51.0 Å². The summed E-state index contributed by atoms with van der Waals surface area (Å²) in [4.78, 5) is 11.1. The van der Waals surface area contributed by atoms with Crippen molar-refractivity contribution in [3.8, 4) is 0 Å². The highest BCUT2D eigenvalue weighted by atomic mass is 16.5. The molecule has 130 valence electrons. The first kappa shape index (κ1) is 21.4. The lowest BCUT2D eigenvalue weighted by atomic mass is 10.1. The molecule has 0 aliphatic heterocycles. The zero-order chi connectivity index (χ0) is 17.0. The van der Waals surface area contributed by atoms with Crippen LogP contribution in [0.1, 0.15) is 58.3 Å². The van der Waals surface area contributed by atoms with Crippen LogP contribution in [0.25, 0.3) is 0 Å². The van der Waals surface area contributed by atoms with Crippen LogP contribution in [0.4, 0.5) is 0 Å². The predicted octanol–water partition coefficient (Wildman–Crippen LogP) is 4.89. The molecule has 3 nitrogen and oxygen atoms in total. The zero-order valence-electron chi connectivity index (χ0n) is 14.5. The van der Waals surface area contributed by atoms with Gasteiger partial charge in [0.2, 0.25) is 0 Å². The Balaban J connectivity index is 3.52. The van der Waals surface area contributed by atoms with Crippen molar-refractivity contribution in [3.05, 3.63) is 48.6 Å². The first-order valence-corrected chi connectivity index (χ1v) is 8.75. The molecule has 0 fully saturated rings. The van der Waals surface area contributed by atoms with Crippen LogP contribution in [-0.2, 0) is 9.53 Å². The first-order chi connectivity index (χ1) is 11.3. The standard InChI is InChI=1S/C20H32O3/c1-2-3-4-5-6-7-8-9-10-11-12-13-14-15-16-17-20(22)23-19-18-21/h10-17,21H,2-9,18-19H2,1H3. The molecule has 0 unspecified atom stereocenters. The third kappa shape index (κ3) is 18.3. The van der Waals surface area contributed by atoms with Gasteiger partial charge in [-0.05, 0) is 12.8 Å². The number of rotatable bonds is 14. The molecule has 3 heteroatoms. The quantitative estimate of drug-likeness (QED) is 0.214. The van der Waals surface area contributed by atoms with Crippen LogP contribution in [0, 0.1) is 0 Å². The van der Waals surface area contributed by atoms with Crippen LogP contribution in [0.2, 0.25) is 0 Å². The van der Waals surface area contributed by atoms with Crippen molar-refractivity contribution in [3.63, 3.8) is 0 Å². The Morgan fingerprint density at radius 3 is 2.17 bits per heavy atom. The summed E-state index contributed by atoms with van der Waals surface area (Å²) in [7, 11) is 0. The number of ether oxygens (including phenoxy) is 1. The van der Waals surface area contributed by atoms with Gasteiger partial charge in [-0.25, -0.2) is 4.79 Å². The van der Waals surface area contributed by atoms with Gasteiger partial charge in [0.25, 0.3) is 0 Å². The van der Waals surface area contributed by atoms with Gasteiger partial charge in [0, 0.05) is 6.08 Å². The van der Waals surface area contributed by atoms with Gasteiger partial charge in [0.05, 0.1) is 6.61 Å². The molecule has 0 aromatic carbocycles. The van der Waals surface area contributed by atoms with Gasteiger partial charge >= 0.3 is 5.97 Å². The van der Waals surface area contributed by atoms with Gasteiger partial charge in [-0.1, -0.05) is 88.0 Å². The maximum absolute atomic E-state index is 11.1. The average Bonchev–Trinajstić information content (AvgIpc) is 2.56. The number of esters is 1. The summed E-state index contributed by atoms with van der Waals surface area (Å²) in [6.45, 7) is 2.14. The van der Waals surface area contributed by atoms with E-state index in [2.05, 4.69) is 23.8 Å². The summed E-state index contributed by atoms with van der Waals surface area (Å²) < 4.78 is 4.67. The first-order valence-electron chi connectivity index (χ1n) is 8.75. The SMILES string of the molecule is CCCCCCCCCC=CC=CC=CC=CC(=O)OCCO. The lowest BCUT2D eigenvalue weighted by molar-refractivity contribution is -0.138. The molecule has 0 heterocycles. The third-order valence-electron chi connectivity index (χ3n) is 3.23. The van der Waals surface area contributed by atoms with Crippen LogP contribution < -0.4 is 0 Å². The van der Waals surface area contributed by atoms with Gasteiger partial charge in [0.15, 0.2) is 0 Å². The molecule has 0 atom stereocenters. The van der Waals surface area contributed by atoms with E-state index in [0.717, 1.165) is 6.42 Å². The fourth-order valence-corrected chi connectivity index (χ4v) is 1.98. The van der Waals surface area contributed by atoms with Crippen molar-refractivity contribution >= 4 is 5.97 Å². The molecule has 0 spiro atoms. The summed E-state index contributed by atoms with van der Waals surface area (Å²) in [5.74, 6) is -0.442. The molecule has 0 aliphatic carbocycles. The third-order valence-corrected chi connectivity index (χ3v) is 3.23. The van der Waals surface area contributed by atoms with E-state index in [9.17, 15) is 4.79 Å². The van der Waals surface area contributed by atoms with E-state index in [4.69, 9.17) is 5.11 Å². The predicted molar refractivity (Wildman–Crippen MR) is 97.2 cm³/mol. The molecule has 0 radical (unpaired) electrons. The molecule has 0 aliphatic rings. The van der Waals surface area contributed by atoms with Crippen LogP contribution >= 0.6 is 0 Å². The van der Waals surface area contributed by atoms with Crippen molar-refractivity contribution in [2.75, 3.05) is 13.2 Å². The fraction of sp³-hybridized carbons (Fsp3) is 0.550. The number of aliphatic hydroxyl groups is 1. The minimum absolute atomic E-state index is 0.0380. The molecule has 0 aromatic rings. The second-order valence-electron chi connectivity index (χ2n) is 5.36. The minimum atomic E-state index is -0.442. The average molecular weight is 320 g/mol. The number of unbranched alkanes of at least 4 members (excludes halogenated alkanes) is 7. The monoisotopic (exact) mass is 320 g/mol. The lowest BCUT2D eigenvalue weighted by Crippen LogP contribution is -2.04. The highest BCUT2D eigenvalue weighted by Crippen LogP contribution is 2.08. The number of carbonyl (C=O) groups is 1. The van der Waals surface area contributed by atoms with Gasteiger partial charge in [-0.2, -0.15) is 0 Å². The van der Waals surface area contributed by atoms with Crippen molar-refractivity contribution in [2.24, 2.45) is 0 Å². The van der Waals surface area contributed by atoms with Crippen molar-refractivity contribution in [2.45, 2.75) is 58.3 Å². The van der Waals surface area contributed by atoms with Gasteiger partial charge in [-0.3, -0.25) is 0 Å². The van der Waals surface area contributed by atoms with Gasteiger partial charge < -0.3 is 9.84 Å². The Bertz CT molecular complexity index is 378. The van der Waals surface area contributed by atoms with Crippen LogP contribution in [-0.4, -0.2) is 24.3 Å². The molecule has 0 amide bonds. The number of aliphatic hydroxyl groups excluding tert-OH is 1. The second kappa shape index (κ2) is 18.4. The molecular formula is C20H32O3.